The molecular weight excluding hydrogens is 518 g/mol. The number of carbonyl (C=O) groups excluding carboxylic acids is 1. The van der Waals surface area contributed by atoms with Gasteiger partial charge in [0.15, 0.2) is 5.84 Å². The molecular formula is C36H45N5O. The third-order valence-electron chi connectivity index (χ3n) is 7.95. The monoisotopic (exact) mass is 563 g/mol. The zero-order valence-corrected chi connectivity index (χ0v) is 26.2. The van der Waals surface area contributed by atoms with Gasteiger partial charge in [-0.15, -0.1) is 0 Å². The Morgan fingerprint density at radius 1 is 0.976 bits per heavy atom. The Morgan fingerprint density at radius 2 is 1.64 bits per heavy atom. The summed E-state index contributed by atoms with van der Waals surface area (Å²) in [5.74, 6) is 0.559. The standard InChI is InChI=1S/C36H45N5O/c1-9-41(10-2)23-22-27-14-20-30(21-15-27)37-34-26(4)40(8)24-33(38-34)31-12-11-13-32(25(31)3)39-35(42)28-16-18-29(19-17-28)36(5,6)7/h11-21,24H,4,9-10,22-23H2,1-3,5-8H3,(H,37,38)(H,39,42). The Hall–Kier alpha value is -4.16. The molecule has 0 unspecified atom stereocenters. The maximum Gasteiger partial charge on any atom is 0.255 e. The summed E-state index contributed by atoms with van der Waals surface area (Å²) in [6.07, 6.45) is 3.00. The summed E-state index contributed by atoms with van der Waals surface area (Å²) in [6, 6.07) is 22.3. The first-order valence-corrected chi connectivity index (χ1v) is 14.8. The van der Waals surface area contributed by atoms with Crippen LogP contribution in [0.1, 0.15) is 67.2 Å². The zero-order chi connectivity index (χ0) is 30.4. The highest BCUT2D eigenvalue weighted by Gasteiger charge is 2.20. The summed E-state index contributed by atoms with van der Waals surface area (Å²) >= 11 is 0. The van der Waals surface area contributed by atoms with Gasteiger partial charge in [-0.2, -0.15) is 0 Å². The molecule has 1 aliphatic heterocycles. The van der Waals surface area contributed by atoms with Crippen molar-refractivity contribution in [2.45, 2.75) is 53.4 Å². The van der Waals surface area contributed by atoms with Gasteiger partial charge in [-0.3, -0.25) is 4.79 Å². The molecule has 3 aromatic carbocycles. The summed E-state index contributed by atoms with van der Waals surface area (Å²) in [7, 11) is 1.97. The Bertz CT molecular complexity index is 1470. The van der Waals surface area contributed by atoms with E-state index in [0.717, 1.165) is 60.0 Å². The molecule has 2 N–H and O–H groups in total. The van der Waals surface area contributed by atoms with Gasteiger partial charge in [0.25, 0.3) is 5.91 Å². The van der Waals surface area contributed by atoms with Crippen molar-refractivity contribution in [1.29, 1.82) is 0 Å². The fourth-order valence-electron chi connectivity index (χ4n) is 4.96. The molecule has 42 heavy (non-hydrogen) atoms. The number of likely N-dealkylation sites (N-methyl/N-ethyl adjacent to an activating group) is 2. The summed E-state index contributed by atoms with van der Waals surface area (Å²) in [5.41, 5.74) is 8.37. The molecule has 220 valence electrons. The quantitative estimate of drug-likeness (QED) is 0.280. The predicted molar refractivity (Wildman–Crippen MR) is 178 cm³/mol. The van der Waals surface area contributed by atoms with Gasteiger partial charge in [0.05, 0.1) is 11.4 Å². The molecule has 1 aliphatic rings. The van der Waals surface area contributed by atoms with Gasteiger partial charge in [-0.25, -0.2) is 4.99 Å². The third-order valence-corrected chi connectivity index (χ3v) is 7.95. The molecule has 0 fully saturated rings. The van der Waals surface area contributed by atoms with Crippen LogP contribution in [0.2, 0.25) is 0 Å². The van der Waals surface area contributed by atoms with Gasteiger partial charge in [0.1, 0.15) is 0 Å². The van der Waals surface area contributed by atoms with Gasteiger partial charge >= 0.3 is 0 Å². The molecule has 0 radical (unpaired) electrons. The highest BCUT2D eigenvalue weighted by molar-refractivity contribution is 6.11. The molecule has 0 saturated heterocycles. The fraction of sp³-hybridized carbons (Fsp3) is 0.333. The lowest BCUT2D eigenvalue weighted by Crippen LogP contribution is -2.27. The van der Waals surface area contributed by atoms with Crippen LogP contribution >= 0.6 is 0 Å². The van der Waals surface area contributed by atoms with Crippen LogP contribution < -0.4 is 10.6 Å². The van der Waals surface area contributed by atoms with Gasteiger partial charge in [-0.05, 0) is 78.9 Å². The molecule has 0 atom stereocenters. The van der Waals surface area contributed by atoms with Crippen LogP contribution in [-0.4, -0.2) is 48.2 Å². The number of amidine groups is 1. The van der Waals surface area contributed by atoms with Crippen LogP contribution in [0.3, 0.4) is 0 Å². The Labute approximate surface area is 251 Å². The van der Waals surface area contributed by atoms with E-state index < -0.39 is 0 Å². The lowest BCUT2D eigenvalue weighted by atomic mass is 9.86. The first-order valence-electron chi connectivity index (χ1n) is 14.8. The van der Waals surface area contributed by atoms with E-state index >= 15 is 0 Å². The van der Waals surface area contributed by atoms with Crippen molar-refractivity contribution in [2.75, 3.05) is 37.3 Å². The van der Waals surface area contributed by atoms with Gasteiger partial charge in [0.2, 0.25) is 0 Å². The summed E-state index contributed by atoms with van der Waals surface area (Å²) in [5, 5.41) is 6.57. The number of carbonyl (C=O) groups is 1. The molecule has 6 nitrogen and oxygen atoms in total. The van der Waals surface area contributed by atoms with Crippen molar-refractivity contribution in [3.05, 3.63) is 113 Å². The van der Waals surface area contributed by atoms with E-state index in [9.17, 15) is 4.79 Å². The topological polar surface area (TPSA) is 60.0 Å². The molecule has 0 spiro atoms. The van der Waals surface area contributed by atoms with Crippen molar-refractivity contribution in [3.63, 3.8) is 0 Å². The van der Waals surface area contributed by atoms with Crippen molar-refractivity contribution in [2.24, 2.45) is 4.99 Å². The average Bonchev–Trinajstić information content (AvgIpc) is 2.97. The van der Waals surface area contributed by atoms with Crippen molar-refractivity contribution < 1.29 is 4.79 Å². The van der Waals surface area contributed by atoms with Gasteiger partial charge in [-0.1, -0.05) is 77.6 Å². The lowest BCUT2D eigenvalue weighted by Gasteiger charge is -2.26. The molecule has 0 aromatic heterocycles. The molecule has 4 rings (SSSR count). The minimum Gasteiger partial charge on any atom is -0.346 e. The van der Waals surface area contributed by atoms with Crippen LogP contribution in [0.5, 0.6) is 0 Å². The number of benzene rings is 3. The predicted octanol–water partition coefficient (Wildman–Crippen LogP) is 7.70. The van der Waals surface area contributed by atoms with E-state index in [2.05, 4.69) is 81.0 Å². The Balaban J connectivity index is 1.50. The highest BCUT2D eigenvalue weighted by atomic mass is 16.1. The van der Waals surface area contributed by atoms with E-state index in [4.69, 9.17) is 4.99 Å². The second-order valence-electron chi connectivity index (χ2n) is 11.9. The Kier molecular flexibility index (Phi) is 9.69. The molecule has 6 heteroatoms. The minimum atomic E-state index is -0.134. The maximum atomic E-state index is 13.1. The number of amides is 1. The van der Waals surface area contributed by atoms with E-state index in [1.807, 2.05) is 67.5 Å². The summed E-state index contributed by atoms with van der Waals surface area (Å²) in [6.45, 7) is 20.4. The van der Waals surface area contributed by atoms with Crippen molar-refractivity contribution in [1.82, 2.24) is 9.80 Å². The van der Waals surface area contributed by atoms with Crippen molar-refractivity contribution >= 4 is 28.8 Å². The van der Waals surface area contributed by atoms with E-state index in [0.29, 0.717) is 11.4 Å². The molecule has 3 aromatic rings. The zero-order valence-electron chi connectivity index (χ0n) is 26.2. The molecule has 0 saturated carbocycles. The number of aliphatic imine (C=N–C) groups is 1. The van der Waals surface area contributed by atoms with Crippen LogP contribution in [0.25, 0.3) is 5.70 Å². The minimum absolute atomic E-state index is 0.0367. The van der Waals surface area contributed by atoms with E-state index in [1.165, 1.54) is 11.1 Å². The SMILES string of the molecule is C=C1C(Nc2ccc(CCN(CC)CC)cc2)=NC(c2cccc(NC(=O)c3ccc(C(C)(C)C)cc3)c2C)=CN1C. The normalized spacial score (nSPS) is 13.6. The van der Waals surface area contributed by atoms with E-state index in [1.54, 1.807) is 0 Å². The molecule has 0 aliphatic carbocycles. The number of nitrogens with zero attached hydrogens (tertiary/aromatic N) is 3. The lowest BCUT2D eigenvalue weighted by molar-refractivity contribution is 0.102. The number of rotatable bonds is 9. The number of hydrogen-bond donors (Lipinski definition) is 2. The third kappa shape index (κ3) is 7.37. The number of hydrogen-bond acceptors (Lipinski definition) is 5. The second-order valence-corrected chi connectivity index (χ2v) is 11.9. The van der Waals surface area contributed by atoms with Crippen LogP contribution in [0.4, 0.5) is 11.4 Å². The molecule has 0 bridgehead atoms. The number of nitrogens with one attached hydrogen (secondary N) is 2. The van der Waals surface area contributed by atoms with Crippen LogP contribution in [0, 0.1) is 6.92 Å². The first-order chi connectivity index (χ1) is 20.0. The first kappa shape index (κ1) is 30.8. The second kappa shape index (κ2) is 13.2. The fourth-order valence-corrected chi connectivity index (χ4v) is 4.96. The maximum absolute atomic E-state index is 13.1. The summed E-state index contributed by atoms with van der Waals surface area (Å²) in [4.78, 5) is 22.5. The van der Waals surface area contributed by atoms with Crippen molar-refractivity contribution in [3.8, 4) is 0 Å². The van der Waals surface area contributed by atoms with Crippen LogP contribution in [-0.2, 0) is 11.8 Å². The summed E-state index contributed by atoms with van der Waals surface area (Å²) < 4.78 is 0. The van der Waals surface area contributed by atoms with Gasteiger partial charge < -0.3 is 20.4 Å². The highest BCUT2D eigenvalue weighted by Crippen LogP contribution is 2.30. The number of anilines is 2. The van der Waals surface area contributed by atoms with E-state index in [-0.39, 0.29) is 11.3 Å². The molecule has 1 heterocycles. The average molecular weight is 564 g/mol. The largest absolute Gasteiger partial charge is 0.346 e. The smallest absolute Gasteiger partial charge is 0.255 e. The molecule has 1 amide bonds. The van der Waals surface area contributed by atoms with Gasteiger partial charge in [0, 0.05) is 42.3 Å². The van der Waals surface area contributed by atoms with Crippen LogP contribution in [0.15, 0.2) is 90.2 Å². The Morgan fingerprint density at radius 3 is 2.26 bits per heavy atom.